The van der Waals surface area contributed by atoms with Crippen LogP contribution in [0, 0.1) is 0 Å². The van der Waals surface area contributed by atoms with Crippen molar-refractivity contribution in [2.24, 2.45) is 0 Å². The van der Waals surface area contributed by atoms with Gasteiger partial charge in [-0.25, -0.2) is 0 Å². The highest BCUT2D eigenvalue weighted by atomic mass is 32.1. The lowest BCUT2D eigenvalue weighted by Crippen LogP contribution is -1.72. The third-order valence-electron chi connectivity index (χ3n) is 0.755. The Bertz CT molecular complexity index is 154. The quantitative estimate of drug-likeness (QED) is 0.454. The van der Waals surface area contributed by atoms with Crippen LogP contribution in [0.4, 0.5) is 0 Å². The predicted octanol–water partition coefficient (Wildman–Crippen LogP) is 1.31. The van der Waals surface area contributed by atoms with E-state index in [0.717, 1.165) is 0 Å². The molecule has 0 aliphatic heterocycles. The Labute approximate surface area is 53.1 Å². The molecule has 1 aromatic rings. The standard InChI is InChI=1S/C5H5NOS/c8-7-5-1-3-6-4-2-5/h1-4,8H. The van der Waals surface area contributed by atoms with Gasteiger partial charge < -0.3 is 4.18 Å². The molecule has 0 atom stereocenters. The minimum absolute atomic E-state index is 0.711. The number of nitrogens with zero attached hydrogens (tertiary/aromatic N) is 1. The molecule has 0 aromatic carbocycles. The first-order valence-electron chi connectivity index (χ1n) is 2.15. The van der Waals surface area contributed by atoms with Crippen LogP contribution in [0.15, 0.2) is 24.5 Å². The molecule has 0 bridgehead atoms. The molecule has 0 amide bonds. The van der Waals surface area contributed by atoms with E-state index in [1.807, 2.05) is 0 Å². The second kappa shape index (κ2) is 2.57. The fraction of sp³-hybridized carbons (Fsp3) is 0. The maximum atomic E-state index is 4.57. The fourth-order valence-electron chi connectivity index (χ4n) is 0.399. The Morgan fingerprint density at radius 3 is 2.38 bits per heavy atom. The van der Waals surface area contributed by atoms with E-state index in [1.54, 1.807) is 24.5 Å². The highest BCUT2D eigenvalue weighted by Crippen LogP contribution is 2.06. The zero-order valence-corrected chi connectivity index (χ0v) is 5.01. The van der Waals surface area contributed by atoms with Crippen molar-refractivity contribution in [1.29, 1.82) is 0 Å². The fourth-order valence-corrected chi connectivity index (χ4v) is 0.521. The third kappa shape index (κ3) is 1.13. The topological polar surface area (TPSA) is 22.1 Å². The van der Waals surface area contributed by atoms with E-state index in [1.165, 1.54) is 0 Å². The van der Waals surface area contributed by atoms with E-state index in [-0.39, 0.29) is 0 Å². The van der Waals surface area contributed by atoms with Gasteiger partial charge in [0.25, 0.3) is 0 Å². The summed E-state index contributed by atoms with van der Waals surface area (Å²) in [6.45, 7) is 0. The van der Waals surface area contributed by atoms with Gasteiger partial charge in [0.05, 0.1) is 0 Å². The summed E-state index contributed by atoms with van der Waals surface area (Å²) in [4.78, 5) is 3.78. The van der Waals surface area contributed by atoms with Crippen LogP contribution in [0.3, 0.4) is 0 Å². The smallest absolute Gasteiger partial charge is 0.140 e. The first kappa shape index (κ1) is 5.44. The minimum atomic E-state index is 0.711. The molecule has 0 unspecified atom stereocenters. The lowest BCUT2D eigenvalue weighted by Gasteiger charge is -1.91. The summed E-state index contributed by atoms with van der Waals surface area (Å²) in [5.74, 6) is 0.711. The summed E-state index contributed by atoms with van der Waals surface area (Å²) in [6.07, 6.45) is 3.29. The van der Waals surface area contributed by atoms with Gasteiger partial charge in [-0.1, -0.05) is 0 Å². The summed E-state index contributed by atoms with van der Waals surface area (Å²) >= 11 is 3.58. The molecule has 0 fully saturated rings. The predicted molar refractivity (Wildman–Crippen MR) is 33.9 cm³/mol. The van der Waals surface area contributed by atoms with Gasteiger partial charge >= 0.3 is 0 Å². The van der Waals surface area contributed by atoms with Gasteiger partial charge in [-0.05, 0) is 0 Å². The summed E-state index contributed by atoms with van der Waals surface area (Å²) < 4.78 is 4.57. The Kier molecular flexibility index (Phi) is 1.75. The minimum Gasteiger partial charge on any atom is -0.429 e. The highest BCUT2D eigenvalue weighted by Gasteiger charge is 1.82. The molecule has 0 aliphatic carbocycles. The molecule has 0 radical (unpaired) electrons. The van der Waals surface area contributed by atoms with E-state index in [9.17, 15) is 0 Å². The molecule has 3 heteroatoms. The molecule has 1 rings (SSSR count). The van der Waals surface area contributed by atoms with Gasteiger partial charge in [-0.3, -0.25) is 4.98 Å². The van der Waals surface area contributed by atoms with Crippen molar-refractivity contribution >= 4 is 12.9 Å². The van der Waals surface area contributed by atoms with E-state index >= 15 is 0 Å². The van der Waals surface area contributed by atoms with Crippen LogP contribution in [0.5, 0.6) is 5.75 Å². The van der Waals surface area contributed by atoms with Crippen LogP contribution >= 0.6 is 12.9 Å². The highest BCUT2D eigenvalue weighted by molar-refractivity contribution is 7.75. The number of rotatable bonds is 1. The van der Waals surface area contributed by atoms with Crippen LogP contribution < -0.4 is 4.18 Å². The summed E-state index contributed by atoms with van der Waals surface area (Å²) in [5.41, 5.74) is 0. The monoisotopic (exact) mass is 127 g/mol. The summed E-state index contributed by atoms with van der Waals surface area (Å²) in [6, 6.07) is 3.46. The second-order valence-electron chi connectivity index (χ2n) is 1.27. The van der Waals surface area contributed by atoms with Gasteiger partial charge in [0.1, 0.15) is 5.75 Å². The maximum Gasteiger partial charge on any atom is 0.140 e. The number of pyridine rings is 1. The average molecular weight is 127 g/mol. The molecule has 8 heavy (non-hydrogen) atoms. The molecule has 1 aromatic heterocycles. The number of hydrogen-bond acceptors (Lipinski definition) is 3. The zero-order chi connectivity index (χ0) is 5.82. The molecule has 0 saturated carbocycles. The largest absolute Gasteiger partial charge is 0.429 e. The van der Waals surface area contributed by atoms with E-state index in [2.05, 4.69) is 22.1 Å². The summed E-state index contributed by atoms with van der Waals surface area (Å²) in [7, 11) is 0. The van der Waals surface area contributed by atoms with E-state index < -0.39 is 0 Å². The van der Waals surface area contributed by atoms with Crippen molar-refractivity contribution in [3.8, 4) is 5.75 Å². The molecule has 0 spiro atoms. The first-order chi connectivity index (χ1) is 3.93. The van der Waals surface area contributed by atoms with Crippen molar-refractivity contribution in [2.75, 3.05) is 0 Å². The third-order valence-corrected chi connectivity index (χ3v) is 0.966. The van der Waals surface area contributed by atoms with Crippen molar-refractivity contribution in [3.05, 3.63) is 24.5 Å². The van der Waals surface area contributed by atoms with Gasteiger partial charge in [0.15, 0.2) is 0 Å². The number of thiol groups is 1. The van der Waals surface area contributed by atoms with Gasteiger partial charge in [0, 0.05) is 37.4 Å². The van der Waals surface area contributed by atoms with Crippen molar-refractivity contribution in [3.63, 3.8) is 0 Å². The van der Waals surface area contributed by atoms with Crippen molar-refractivity contribution in [1.82, 2.24) is 4.98 Å². The SMILES string of the molecule is SOc1ccncc1. The Morgan fingerprint density at radius 2 is 2.00 bits per heavy atom. The normalized spacial score (nSPS) is 8.62. The molecule has 0 saturated heterocycles. The molecule has 0 aliphatic rings. The Morgan fingerprint density at radius 1 is 1.38 bits per heavy atom. The zero-order valence-electron chi connectivity index (χ0n) is 4.11. The molecule has 42 valence electrons. The van der Waals surface area contributed by atoms with E-state index in [0.29, 0.717) is 5.75 Å². The van der Waals surface area contributed by atoms with Gasteiger partial charge in [-0.2, -0.15) is 0 Å². The lowest BCUT2D eigenvalue weighted by molar-refractivity contribution is 0.657. The first-order valence-corrected chi connectivity index (χ1v) is 2.51. The molecular weight excluding hydrogens is 122 g/mol. The van der Waals surface area contributed by atoms with Gasteiger partial charge in [-0.15, -0.1) is 0 Å². The Hall–Kier alpha value is -0.700. The number of hydrogen-bond donors (Lipinski definition) is 1. The van der Waals surface area contributed by atoms with Crippen LogP contribution in [0.2, 0.25) is 0 Å². The second-order valence-corrected chi connectivity index (χ2v) is 1.46. The van der Waals surface area contributed by atoms with Crippen LogP contribution in [-0.4, -0.2) is 4.98 Å². The maximum absolute atomic E-state index is 4.57. The van der Waals surface area contributed by atoms with Crippen molar-refractivity contribution < 1.29 is 4.18 Å². The van der Waals surface area contributed by atoms with E-state index in [4.69, 9.17) is 0 Å². The molecular formula is C5H5NOS. The average Bonchev–Trinajstić information content (AvgIpc) is 1.90. The number of aromatic nitrogens is 1. The van der Waals surface area contributed by atoms with Crippen LogP contribution in [0.25, 0.3) is 0 Å². The molecule has 1 heterocycles. The lowest BCUT2D eigenvalue weighted by atomic mass is 10.5. The Balaban J connectivity index is 2.83. The molecule has 2 nitrogen and oxygen atoms in total. The van der Waals surface area contributed by atoms with Crippen LogP contribution in [-0.2, 0) is 0 Å². The molecule has 0 N–H and O–H groups in total. The summed E-state index contributed by atoms with van der Waals surface area (Å²) in [5, 5.41) is 0. The van der Waals surface area contributed by atoms with Crippen molar-refractivity contribution in [2.45, 2.75) is 0 Å². The van der Waals surface area contributed by atoms with Crippen LogP contribution in [0.1, 0.15) is 0 Å². The van der Waals surface area contributed by atoms with Gasteiger partial charge in [0.2, 0.25) is 0 Å².